The zero-order valence-electron chi connectivity index (χ0n) is 17.5. The summed E-state index contributed by atoms with van der Waals surface area (Å²) in [5.74, 6) is 0.863. The first-order valence-corrected chi connectivity index (χ1v) is 10.2. The lowest BCUT2D eigenvalue weighted by molar-refractivity contribution is -0.104. The summed E-state index contributed by atoms with van der Waals surface area (Å²) >= 11 is 0. The Morgan fingerprint density at radius 1 is 1.32 bits per heavy atom. The van der Waals surface area contributed by atoms with Gasteiger partial charge in [-0.05, 0) is 13.0 Å². The van der Waals surface area contributed by atoms with Crippen molar-refractivity contribution in [1.82, 2.24) is 24.4 Å². The van der Waals surface area contributed by atoms with Crippen molar-refractivity contribution in [2.75, 3.05) is 44.3 Å². The molecular weight excluding hydrogens is 398 g/mol. The Kier molecular flexibility index (Phi) is 4.75. The number of amides is 1. The van der Waals surface area contributed by atoms with Crippen LogP contribution in [0.1, 0.15) is 11.4 Å². The highest BCUT2D eigenvalue weighted by Gasteiger charge is 2.29. The van der Waals surface area contributed by atoms with Gasteiger partial charge in [-0.2, -0.15) is 5.26 Å². The van der Waals surface area contributed by atoms with Crippen LogP contribution in [-0.2, 0) is 16.5 Å². The fourth-order valence-electron chi connectivity index (χ4n) is 3.97. The van der Waals surface area contributed by atoms with Crippen molar-refractivity contribution in [1.29, 1.82) is 5.26 Å². The normalized spacial score (nSPS) is 16.9. The number of piperazine rings is 1. The van der Waals surface area contributed by atoms with Crippen LogP contribution in [0.15, 0.2) is 18.5 Å². The van der Waals surface area contributed by atoms with Crippen LogP contribution in [0, 0.1) is 18.3 Å². The Morgan fingerprint density at radius 3 is 2.71 bits per heavy atom. The molecule has 0 atom stereocenters. The average molecular weight is 421 g/mol. The first-order valence-electron chi connectivity index (χ1n) is 10.2. The second-order valence-electron chi connectivity index (χ2n) is 7.84. The van der Waals surface area contributed by atoms with Gasteiger partial charge in [-0.1, -0.05) is 0 Å². The van der Waals surface area contributed by atoms with Gasteiger partial charge in [0.15, 0.2) is 6.10 Å². The number of nitrogens with zero attached hydrogens (tertiary/aromatic N) is 6. The first-order chi connectivity index (χ1) is 15.0. The summed E-state index contributed by atoms with van der Waals surface area (Å²) in [6, 6.07) is 4.26. The third-order valence-corrected chi connectivity index (χ3v) is 5.90. The molecule has 31 heavy (non-hydrogen) atoms. The SMILES string of the molecule is Cc1nc(-c2[nH]c3nccc(N4CCN(C(=O)OC5COC5)CC4)c3c2C#N)cn1C. The number of fused-ring (bicyclic) bond motifs is 1. The topological polar surface area (TPSA) is 112 Å². The highest BCUT2D eigenvalue weighted by molar-refractivity contribution is 5.99. The number of carbonyl (C=O) groups is 1. The minimum absolute atomic E-state index is 0.128. The van der Waals surface area contributed by atoms with E-state index in [1.807, 2.05) is 30.8 Å². The lowest BCUT2D eigenvalue weighted by Crippen LogP contribution is -2.51. The third kappa shape index (κ3) is 3.37. The largest absolute Gasteiger partial charge is 0.441 e. The zero-order valence-corrected chi connectivity index (χ0v) is 17.5. The Labute approximate surface area is 179 Å². The van der Waals surface area contributed by atoms with Crippen LogP contribution in [0.3, 0.4) is 0 Å². The van der Waals surface area contributed by atoms with E-state index in [1.165, 1.54) is 0 Å². The van der Waals surface area contributed by atoms with Crippen molar-refractivity contribution in [2.45, 2.75) is 13.0 Å². The van der Waals surface area contributed by atoms with E-state index in [4.69, 9.17) is 9.47 Å². The van der Waals surface area contributed by atoms with Gasteiger partial charge in [0.1, 0.15) is 23.2 Å². The number of nitriles is 1. The first kappa shape index (κ1) is 19.4. The van der Waals surface area contributed by atoms with Gasteiger partial charge in [0.25, 0.3) is 0 Å². The number of rotatable bonds is 3. The van der Waals surface area contributed by atoms with Crippen LogP contribution in [0.5, 0.6) is 0 Å². The van der Waals surface area contributed by atoms with Crippen molar-refractivity contribution in [3.8, 4) is 17.5 Å². The maximum atomic E-state index is 12.3. The molecule has 2 aliphatic rings. The molecule has 1 amide bonds. The van der Waals surface area contributed by atoms with Gasteiger partial charge in [0.05, 0.1) is 35.5 Å². The van der Waals surface area contributed by atoms with E-state index in [-0.39, 0.29) is 12.2 Å². The number of hydrogen-bond donors (Lipinski definition) is 1. The molecule has 3 aromatic rings. The summed E-state index contributed by atoms with van der Waals surface area (Å²) in [5.41, 5.74) is 3.50. The molecule has 3 aromatic heterocycles. The summed E-state index contributed by atoms with van der Waals surface area (Å²) in [6.45, 7) is 5.26. The van der Waals surface area contributed by atoms with Crippen molar-refractivity contribution < 1.29 is 14.3 Å². The van der Waals surface area contributed by atoms with Gasteiger partial charge >= 0.3 is 6.09 Å². The molecule has 2 aliphatic heterocycles. The number of imidazole rings is 1. The fourth-order valence-corrected chi connectivity index (χ4v) is 3.97. The highest BCUT2D eigenvalue weighted by Crippen LogP contribution is 2.35. The summed E-state index contributed by atoms with van der Waals surface area (Å²) < 4.78 is 12.4. The fraction of sp³-hybridized carbons (Fsp3) is 0.429. The summed E-state index contributed by atoms with van der Waals surface area (Å²) in [6.07, 6.45) is 3.22. The highest BCUT2D eigenvalue weighted by atomic mass is 16.6. The van der Waals surface area contributed by atoms with E-state index in [9.17, 15) is 10.1 Å². The molecule has 10 heteroatoms. The predicted octanol–water partition coefficient (Wildman–Crippen LogP) is 1.80. The number of pyridine rings is 1. The van der Waals surface area contributed by atoms with Crippen molar-refractivity contribution >= 4 is 22.8 Å². The summed E-state index contributed by atoms with van der Waals surface area (Å²) in [4.78, 5) is 28.5. The van der Waals surface area contributed by atoms with E-state index in [1.54, 1.807) is 11.1 Å². The average Bonchev–Trinajstić information content (AvgIpc) is 3.30. The Hall–Kier alpha value is -3.58. The maximum absolute atomic E-state index is 12.3. The molecule has 2 fully saturated rings. The molecule has 0 aromatic carbocycles. The number of carbonyl (C=O) groups excluding carboxylic acids is 1. The predicted molar refractivity (Wildman–Crippen MR) is 113 cm³/mol. The Balaban J connectivity index is 1.42. The van der Waals surface area contributed by atoms with Crippen LogP contribution < -0.4 is 4.90 Å². The van der Waals surface area contributed by atoms with Gasteiger partial charge in [-0.15, -0.1) is 0 Å². The lowest BCUT2D eigenvalue weighted by Gasteiger charge is -2.37. The monoisotopic (exact) mass is 421 g/mol. The Morgan fingerprint density at radius 2 is 2.10 bits per heavy atom. The van der Waals surface area contributed by atoms with Gasteiger partial charge < -0.3 is 28.8 Å². The van der Waals surface area contributed by atoms with Gasteiger partial charge in [0, 0.05) is 45.6 Å². The third-order valence-electron chi connectivity index (χ3n) is 5.90. The maximum Gasteiger partial charge on any atom is 0.410 e. The van der Waals surface area contributed by atoms with Crippen molar-refractivity contribution in [3.05, 3.63) is 29.8 Å². The molecule has 2 saturated heterocycles. The number of aromatic nitrogens is 4. The number of nitrogens with one attached hydrogen (secondary N) is 1. The molecule has 0 bridgehead atoms. The quantitative estimate of drug-likeness (QED) is 0.686. The van der Waals surface area contributed by atoms with Crippen LogP contribution in [0.2, 0.25) is 0 Å². The number of H-pyrrole nitrogens is 1. The van der Waals surface area contributed by atoms with E-state index in [0.29, 0.717) is 62.0 Å². The van der Waals surface area contributed by atoms with Gasteiger partial charge in [-0.25, -0.2) is 14.8 Å². The molecule has 1 N–H and O–H groups in total. The number of hydrogen-bond acceptors (Lipinski definition) is 7. The molecule has 0 radical (unpaired) electrons. The van der Waals surface area contributed by atoms with Gasteiger partial charge in [0.2, 0.25) is 0 Å². The van der Waals surface area contributed by atoms with Crippen LogP contribution in [0.4, 0.5) is 10.5 Å². The smallest absolute Gasteiger partial charge is 0.410 e. The minimum Gasteiger partial charge on any atom is -0.441 e. The second kappa shape index (κ2) is 7.59. The lowest BCUT2D eigenvalue weighted by atomic mass is 10.1. The van der Waals surface area contributed by atoms with E-state index in [0.717, 1.165) is 16.9 Å². The molecule has 10 nitrogen and oxygen atoms in total. The zero-order chi connectivity index (χ0) is 21.5. The molecule has 0 aliphatic carbocycles. The number of ether oxygens (including phenoxy) is 2. The van der Waals surface area contributed by atoms with Crippen molar-refractivity contribution in [3.63, 3.8) is 0 Å². The number of anilines is 1. The summed E-state index contributed by atoms with van der Waals surface area (Å²) in [7, 11) is 1.92. The molecular formula is C21H23N7O3. The molecule has 5 heterocycles. The van der Waals surface area contributed by atoms with Crippen LogP contribution in [0.25, 0.3) is 22.4 Å². The second-order valence-corrected chi connectivity index (χ2v) is 7.84. The number of aromatic amines is 1. The molecule has 0 unspecified atom stereocenters. The molecule has 0 saturated carbocycles. The van der Waals surface area contributed by atoms with E-state index < -0.39 is 0 Å². The van der Waals surface area contributed by atoms with Crippen molar-refractivity contribution in [2.24, 2.45) is 7.05 Å². The van der Waals surface area contributed by atoms with Crippen LogP contribution >= 0.6 is 0 Å². The minimum atomic E-state index is -0.292. The van der Waals surface area contributed by atoms with Crippen LogP contribution in [-0.4, -0.2) is 76.0 Å². The molecule has 5 rings (SSSR count). The van der Waals surface area contributed by atoms with E-state index >= 15 is 0 Å². The van der Waals surface area contributed by atoms with E-state index in [2.05, 4.69) is 25.9 Å². The number of aryl methyl sites for hydroxylation is 2. The standard InChI is InChI=1S/C21H23N7O3/c1-13-24-16(10-26(13)2)19-15(9-22)18-17(3-4-23-20(18)25-19)27-5-7-28(8-6-27)21(29)31-14-11-30-12-14/h3-4,10,14H,5-8,11-12H2,1-2H3,(H,23,25). The summed E-state index contributed by atoms with van der Waals surface area (Å²) in [5, 5.41) is 10.7. The molecule has 0 spiro atoms. The van der Waals surface area contributed by atoms with Gasteiger partial charge in [-0.3, -0.25) is 0 Å². The molecule has 160 valence electrons. The Bertz CT molecular complexity index is 1160.